The lowest BCUT2D eigenvalue weighted by atomic mass is 9.69. The summed E-state index contributed by atoms with van der Waals surface area (Å²) in [5, 5.41) is 0. The Kier molecular flexibility index (Phi) is 5.29. The van der Waals surface area contributed by atoms with E-state index in [0.717, 1.165) is 69.1 Å². The van der Waals surface area contributed by atoms with Crippen molar-refractivity contribution in [2.45, 2.75) is 70.4 Å². The molecule has 4 aliphatic carbocycles. The van der Waals surface area contributed by atoms with Crippen LogP contribution >= 0.6 is 0 Å². The maximum Gasteiger partial charge on any atom is 0.332 e. The molecule has 0 aromatic carbocycles. The minimum absolute atomic E-state index is 0.0955. The summed E-state index contributed by atoms with van der Waals surface area (Å²) in [5.41, 5.74) is 0.826. The summed E-state index contributed by atoms with van der Waals surface area (Å²) in [4.78, 5) is 40.0. The lowest BCUT2D eigenvalue weighted by molar-refractivity contribution is 0.151. The predicted molar refractivity (Wildman–Crippen MR) is 129 cm³/mol. The third kappa shape index (κ3) is 3.52. The summed E-state index contributed by atoms with van der Waals surface area (Å²) in [5.74, 6) is 3.46. The van der Waals surface area contributed by atoms with Gasteiger partial charge in [0.2, 0.25) is 0 Å². The molecular formula is C25H38N6O2. The van der Waals surface area contributed by atoms with Crippen molar-refractivity contribution in [1.29, 1.82) is 0 Å². The second kappa shape index (κ2) is 8.08. The van der Waals surface area contributed by atoms with Crippen molar-refractivity contribution in [3.8, 4) is 0 Å². The molecule has 180 valence electrons. The van der Waals surface area contributed by atoms with Gasteiger partial charge in [0.25, 0.3) is 5.56 Å². The SMILES string of the molecule is CCCn1c(=O)c2[nH]c(C34CC5CC(C3)C(C5)C4)nc2n(CCCN2CCN(C)CC2)c1=O. The van der Waals surface area contributed by atoms with Crippen LogP contribution in [-0.4, -0.2) is 68.7 Å². The van der Waals surface area contributed by atoms with Gasteiger partial charge in [-0.1, -0.05) is 6.92 Å². The molecule has 0 radical (unpaired) electrons. The number of nitrogens with one attached hydrogen (secondary N) is 1. The van der Waals surface area contributed by atoms with Crippen molar-refractivity contribution in [1.82, 2.24) is 28.9 Å². The summed E-state index contributed by atoms with van der Waals surface area (Å²) in [6, 6.07) is 0. The normalized spacial score (nSPS) is 31.9. The first kappa shape index (κ1) is 21.6. The standard InChI is InChI=1S/C25H38N6O2/c1-3-5-31-22(32)20-21(30(24(31)33)7-4-6-29-10-8-28(2)9-11-29)27-23(26-20)25-14-17-12-18(15-25)19(13-17)16-25/h17-19H,3-16H2,1-2H3,(H,26,27). The van der Waals surface area contributed by atoms with Crippen LogP contribution in [0.4, 0.5) is 0 Å². The molecule has 1 saturated heterocycles. The van der Waals surface area contributed by atoms with Crippen LogP contribution in [0.1, 0.15) is 57.7 Å². The number of hydrogen-bond acceptors (Lipinski definition) is 5. The quantitative estimate of drug-likeness (QED) is 0.692. The van der Waals surface area contributed by atoms with Gasteiger partial charge in [0, 0.05) is 44.7 Å². The van der Waals surface area contributed by atoms with Crippen molar-refractivity contribution in [2.24, 2.45) is 17.8 Å². The fourth-order valence-electron chi connectivity index (χ4n) is 7.66. The van der Waals surface area contributed by atoms with Crippen molar-refractivity contribution < 1.29 is 0 Å². The molecule has 33 heavy (non-hydrogen) atoms. The lowest BCUT2D eigenvalue weighted by Gasteiger charge is -2.36. The van der Waals surface area contributed by atoms with Crippen molar-refractivity contribution in [3.63, 3.8) is 0 Å². The van der Waals surface area contributed by atoms with Crippen LogP contribution in [0.15, 0.2) is 9.59 Å². The fraction of sp³-hybridized carbons (Fsp3) is 0.800. The van der Waals surface area contributed by atoms with E-state index in [2.05, 4.69) is 21.8 Å². The van der Waals surface area contributed by atoms with Crippen molar-refractivity contribution >= 4 is 11.2 Å². The minimum Gasteiger partial charge on any atom is -0.336 e. The Morgan fingerprint density at radius 2 is 1.70 bits per heavy atom. The first-order chi connectivity index (χ1) is 16.0. The molecule has 7 rings (SSSR count). The van der Waals surface area contributed by atoms with Crippen LogP contribution in [0.25, 0.3) is 11.2 Å². The maximum atomic E-state index is 13.4. The molecule has 0 amide bonds. The summed E-state index contributed by atoms with van der Waals surface area (Å²) < 4.78 is 3.21. The molecule has 1 N–H and O–H groups in total. The van der Waals surface area contributed by atoms with E-state index >= 15 is 0 Å². The monoisotopic (exact) mass is 454 g/mol. The van der Waals surface area contributed by atoms with Crippen LogP contribution in [0, 0.1) is 17.8 Å². The number of hydrogen-bond donors (Lipinski definition) is 1. The summed E-state index contributed by atoms with van der Waals surface area (Å²) in [6.45, 7) is 8.40. The molecule has 5 aliphatic rings. The molecule has 8 heteroatoms. The average molecular weight is 455 g/mol. The Bertz CT molecular complexity index is 1130. The molecule has 0 spiro atoms. The van der Waals surface area contributed by atoms with Gasteiger partial charge in [-0.05, 0) is 76.3 Å². The third-order valence-electron chi connectivity index (χ3n) is 9.19. The van der Waals surface area contributed by atoms with Gasteiger partial charge in [-0.3, -0.25) is 13.9 Å². The van der Waals surface area contributed by atoms with E-state index in [0.29, 0.717) is 24.3 Å². The molecule has 5 fully saturated rings. The van der Waals surface area contributed by atoms with Crippen LogP contribution in [0.2, 0.25) is 0 Å². The van der Waals surface area contributed by atoms with E-state index in [1.165, 1.54) is 36.7 Å². The highest BCUT2D eigenvalue weighted by Gasteiger charge is 2.57. The number of imidazole rings is 1. The zero-order chi connectivity index (χ0) is 22.7. The van der Waals surface area contributed by atoms with Crippen LogP contribution in [0.5, 0.6) is 0 Å². The van der Waals surface area contributed by atoms with Crippen LogP contribution < -0.4 is 11.2 Å². The number of aryl methyl sites for hydroxylation is 1. The lowest BCUT2D eigenvalue weighted by Crippen LogP contribution is -2.45. The highest BCUT2D eigenvalue weighted by Crippen LogP contribution is 2.64. The number of nitrogens with zero attached hydrogens (tertiary/aromatic N) is 5. The second-order valence-corrected chi connectivity index (χ2v) is 11.4. The predicted octanol–water partition coefficient (Wildman–Crippen LogP) is 2.01. The van der Waals surface area contributed by atoms with Gasteiger partial charge >= 0.3 is 5.69 Å². The number of aromatic nitrogens is 4. The Balaban J connectivity index is 1.33. The molecule has 3 heterocycles. The highest BCUT2D eigenvalue weighted by atomic mass is 16.2. The van der Waals surface area contributed by atoms with Gasteiger partial charge in [0.05, 0.1) is 0 Å². The van der Waals surface area contributed by atoms with E-state index in [9.17, 15) is 9.59 Å². The van der Waals surface area contributed by atoms with Gasteiger partial charge in [0.15, 0.2) is 5.65 Å². The number of rotatable bonds is 7. The largest absolute Gasteiger partial charge is 0.336 e. The Morgan fingerprint density at radius 3 is 2.36 bits per heavy atom. The van der Waals surface area contributed by atoms with E-state index in [1.54, 1.807) is 4.57 Å². The molecule has 2 aromatic rings. The zero-order valence-electron chi connectivity index (χ0n) is 20.2. The maximum absolute atomic E-state index is 13.4. The minimum atomic E-state index is -0.196. The van der Waals surface area contributed by atoms with Gasteiger partial charge in [0.1, 0.15) is 11.3 Å². The zero-order valence-corrected chi connectivity index (χ0v) is 20.2. The smallest absolute Gasteiger partial charge is 0.332 e. The number of likely N-dealkylation sites (N-methyl/N-ethyl adjacent to an activating group) is 1. The molecule has 2 unspecified atom stereocenters. The summed E-state index contributed by atoms with van der Waals surface area (Å²) in [7, 11) is 2.17. The van der Waals surface area contributed by atoms with E-state index in [1.807, 2.05) is 6.92 Å². The fourth-order valence-corrected chi connectivity index (χ4v) is 7.66. The Morgan fingerprint density at radius 1 is 0.970 bits per heavy atom. The van der Waals surface area contributed by atoms with Crippen molar-refractivity contribution in [2.75, 3.05) is 39.8 Å². The second-order valence-electron chi connectivity index (χ2n) is 11.4. The van der Waals surface area contributed by atoms with Crippen LogP contribution in [-0.2, 0) is 18.5 Å². The van der Waals surface area contributed by atoms with Crippen LogP contribution in [0.3, 0.4) is 0 Å². The molecular weight excluding hydrogens is 416 g/mol. The molecule has 4 saturated carbocycles. The van der Waals surface area contributed by atoms with E-state index in [4.69, 9.17) is 4.98 Å². The molecule has 8 nitrogen and oxygen atoms in total. The number of piperazine rings is 1. The van der Waals surface area contributed by atoms with E-state index in [-0.39, 0.29) is 16.7 Å². The summed E-state index contributed by atoms with van der Waals surface area (Å²) in [6.07, 6.45) is 8.01. The molecule has 2 atom stereocenters. The van der Waals surface area contributed by atoms with Gasteiger partial charge in [-0.25, -0.2) is 9.78 Å². The number of aromatic amines is 1. The van der Waals surface area contributed by atoms with E-state index < -0.39 is 0 Å². The summed E-state index contributed by atoms with van der Waals surface area (Å²) >= 11 is 0. The highest BCUT2D eigenvalue weighted by molar-refractivity contribution is 5.70. The molecule has 4 bridgehead atoms. The third-order valence-corrected chi connectivity index (χ3v) is 9.19. The Hall–Kier alpha value is -1.93. The van der Waals surface area contributed by atoms with Crippen molar-refractivity contribution in [3.05, 3.63) is 26.7 Å². The first-order valence-corrected chi connectivity index (χ1v) is 13.1. The number of fused-ring (bicyclic) bond motifs is 1. The molecule has 2 aromatic heterocycles. The number of H-pyrrole nitrogens is 1. The Labute approximate surface area is 195 Å². The first-order valence-electron chi connectivity index (χ1n) is 13.1. The van der Waals surface area contributed by atoms with Gasteiger partial charge in [-0.15, -0.1) is 0 Å². The average Bonchev–Trinajstić information content (AvgIpc) is 3.44. The topological polar surface area (TPSA) is 79.2 Å². The van der Waals surface area contributed by atoms with Gasteiger partial charge in [-0.2, -0.15) is 0 Å². The molecule has 1 aliphatic heterocycles. The van der Waals surface area contributed by atoms with Gasteiger partial charge < -0.3 is 14.8 Å².